The lowest BCUT2D eigenvalue weighted by Crippen LogP contribution is -1.95. The number of anilines is 1. The van der Waals surface area contributed by atoms with Crippen LogP contribution in [0.1, 0.15) is 0 Å². The Morgan fingerprint density at radius 3 is 2.48 bits per heavy atom. The number of hydrogen-bond acceptors (Lipinski definition) is 7. The van der Waals surface area contributed by atoms with E-state index in [0.29, 0.717) is 28.0 Å². The highest BCUT2D eigenvalue weighted by Crippen LogP contribution is 2.43. The topological polar surface area (TPSA) is 69.2 Å². The van der Waals surface area contributed by atoms with E-state index in [4.69, 9.17) is 30.5 Å². The highest BCUT2D eigenvalue weighted by atomic mass is 35.5. The monoisotopic (exact) mass is 431 g/mol. The molecule has 0 amide bonds. The summed E-state index contributed by atoms with van der Waals surface area (Å²) in [5.41, 5.74) is 2.58. The Hall–Kier alpha value is -2.90. The lowest BCUT2D eigenvalue weighted by molar-refractivity contribution is 0.174. The van der Waals surface area contributed by atoms with Gasteiger partial charge in [0.2, 0.25) is 6.79 Å². The first-order valence-corrected chi connectivity index (χ1v) is 9.86. The van der Waals surface area contributed by atoms with Crippen LogP contribution < -0.4 is 23.7 Å². The molecule has 8 heteroatoms. The molecule has 4 rings (SSSR count). The van der Waals surface area contributed by atoms with Crippen LogP contribution >= 0.6 is 23.5 Å². The zero-order chi connectivity index (χ0) is 20.4. The van der Waals surface area contributed by atoms with Crippen molar-refractivity contribution >= 4 is 29.2 Å². The van der Waals surface area contributed by atoms with Gasteiger partial charge >= 0.3 is 0 Å². The molecule has 0 saturated heterocycles. The van der Waals surface area contributed by atoms with Crippen LogP contribution in [0.5, 0.6) is 28.7 Å². The van der Waals surface area contributed by atoms with Gasteiger partial charge in [0, 0.05) is 22.2 Å². The van der Waals surface area contributed by atoms with E-state index in [9.17, 15) is 5.11 Å². The Labute approximate surface area is 177 Å². The Balaban J connectivity index is 1.71. The van der Waals surface area contributed by atoms with Crippen molar-refractivity contribution in [1.29, 1.82) is 0 Å². The van der Waals surface area contributed by atoms with Crippen LogP contribution in [0, 0.1) is 0 Å². The number of halogens is 1. The van der Waals surface area contributed by atoms with Crippen LogP contribution in [0.25, 0.3) is 11.1 Å². The van der Waals surface area contributed by atoms with Gasteiger partial charge in [-0.15, -0.1) is 0 Å². The third-order valence-corrected chi connectivity index (χ3v) is 5.61. The van der Waals surface area contributed by atoms with Crippen molar-refractivity contribution in [3.63, 3.8) is 0 Å². The maximum Gasteiger partial charge on any atom is 0.231 e. The summed E-state index contributed by atoms with van der Waals surface area (Å²) in [5, 5.41) is 10.1. The summed E-state index contributed by atoms with van der Waals surface area (Å²) in [7, 11) is 3.19. The number of methoxy groups -OCH3 is 2. The molecule has 0 fully saturated rings. The third-order valence-electron chi connectivity index (χ3n) is 4.39. The van der Waals surface area contributed by atoms with Crippen LogP contribution in [0.4, 0.5) is 5.69 Å². The van der Waals surface area contributed by atoms with Crippen LogP contribution in [-0.2, 0) is 0 Å². The number of aromatic hydroxyl groups is 1. The molecule has 150 valence electrons. The van der Waals surface area contributed by atoms with E-state index in [1.807, 2.05) is 30.3 Å². The predicted molar refractivity (Wildman–Crippen MR) is 114 cm³/mol. The third kappa shape index (κ3) is 3.97. The predicted octanol–water partition coefficient (Wildman–Crippen LogP) is 5.58. The smallest absolute Gasteiger partial charge is 0.231 e. The molecule has 0 saturated carbocycles. The van der Waals surface area contributed by atoms with Gasteiger partial charge in [-0.2, -0.15) is 0 Å². The number of phenols is 1. The highest BCUT2D eigenvalue weighted by molar-refractivity contribution is 8.00. The maximum atomic E-state index is 9.83. The normalized spacial score (nSPS) is 12.0. The molecule has 0 aliphatic carbocycles. The molecule has 6 nitrogen and oxygen atoms in total. The minimum absolute atomic E-state index is 0.0144. The van der Waals surface area contributed by atoms with Crippen LogP contribution in [0.2, 0.25) is 5.02 Å². The fourth-order valence-corrected chi connectivity index (χ4v) is 3.85. The summed E-state index contributed by atoms with van der Waals surface area (Å²) in [6, 6.07) is 14.6. The fourth-order valence-electron chi connectivity index (χ4n) is 2.92. The number of rotatable bonds is 6. The van der Waals surface area contributed by atoms with Gasteiger partial charge in [0.1, 0.15) is 5.75 Å². The van der Waals surface area contributed by atoms with Gasteiger partial charge in [-0.3, -0.25) is 0 Å². The summed E-state index contributed by atoms with van der Waals surface area (Å²) in [6.07, 6.45) is 0. The van der Waals surface area contributed by atoms with Gasteiger partial charge in [0.25, 0.3) is 0 Å². The lowest BCUT2D eigenvalue weighted by Gasteiger charge is -2.16. The zero-order valence-electron chi connectivity index (χ0n) is 15.7. The second kappa shape index (κ2) is 8.23. The number of fused-ring (bicyclic) bond motifs is 1. The maximum absolute atomic E-state index is 9.83. The van der Waals surface area contributed by atoms with Crippen molar-refractivity contribution in [2.45, 2.75) is 4.90 Å². The lowest BCUT2D eigenvalue weighted by atomic mass is 10.0. The molecule has 0 atom stereocenters. The van der Waals surface area contributed by atoms with Gasteiger partial charge in [-0.25, -0.2) is 0 Å². The molecule has 0 radical (unpaired) electrons. The molecule has 0 unspecified atom stereocenters. The van der Waals surface area contributed by atoms with Gasteiger partial charge in [0.15, 0.2) is 23.0 Å². The molecule has 3 aromatic carbocycles. The Bertz CT molecular complexity index is 1060. The van der Waals surface area contributed by atoms with Crippen molar-refractivity contribution < 1.29 is 24.1 Å². The van der Waals surface area contributed by atoms with Crippen molar-refractivity contribution in [2.24, 2.45) is 0 Å². The van der Waals surface area contributed by atoms with E-state index >= 15 is 0 Å². The number of phenolic OH excluding ortho intramolecular Hbond substituents is 1. The molecule has 0 bridgehead atoms. The summed E-state index contributed by atoms with van der Waals surface area (Å²) < 4.78 is 25.1. The zero-order valence-corrected chi connectivity index (χ0v) is 17.3. The fraction of sp³-hybridized carbons (Fsp3) is 0.143. The molecular weight excluding hydrogens is 414 g/mol. The average Bonchev–Trinajstić information content (AvgIpc) is 3.21. The van der Waals surface area contributed by atoms with E-state index in [-0.39, 0.29) is 12.5 Å². The summed E-state index contributed by atoms with van der Waals surface area (Å²) in [6.45, 7) is 0.216. The quantitative estimate of drug-likeness (QED) is 0.494. The Kier molecular flexibility index (Phi) is 5.51. The second-order valence-corrected chi connectivity index (χ2v) is 7.40. The summed E-state index contributed by atoms with van der Waals surface area (Å²) >= 11 is 7.27. The van der Waals surface area contributed by atoms with E-state index in [0.717, 1.165) is 21.8 Å². The molecule has 2 N–H and O–H groups in total. The van der Waals surface area contributed by atoms with Crippen molar-refractivity contribution in [3.05, 3.63) is 53.6 Å². The van der Waals surface area contributed by atoms with Crippen molar-refractivity contribution in [3.8, 4) is 39.9 Å². The number of hydrogen-bond donors (Lipinski definition) is 2. The van der Waals surface area contributed by atoms with Crippen LogP contribution in [-0.4, -0.2) is 26.1 Å². The first-order chi connectivity index (χ1) is 14.1. The molecule has 0 aromatic heterocycles. The summed E-state index contributed by atoms with van der Waals surface area (Å²) in [4.78, 5) is 0.899. The standard InChI is InChI=1S/C21H18ClNO5S/c1-25-18-9-14(12-3-6-17-20(7-12)28-11-27-17)21(10-19(18)26-2)29-23-13-4-5-15(22)16(24)8-13/h3-10,23-24H,11H2,1-2H3. The van der Waals surface area contributed by atoms with Crippen LogP contribution in [0.15, 0.2) is 53.4 Å². The first kappa shape index (κ1) is 19.4. The number of nitrogens with one attached hydrogen (secondary N) is 1. The largest absolute Gasteiger partial charge is 0.506 e. The second-order valence-electron chi connectivity index (χ2n) is 6.14. The van der Waals surface area contributed by atoms with E-state index in [1.54, 1.807) is 32.4 Å². The highest BCUT2D eigenvalue weighted by Gasteiger charge is 2.18. The van der Waals surface area contributed by atoms with E-state index < -0.39 is 0 Å². The van der Waals surface area contributed by atoms with Crippen molar-refractivity contribution in [2.75, 3.05) is 25.7 Å². The molecule has 1 heterocycles. The summed E-state index contributed by atoms with van der Waals surface area (Å²) in [5.74, 6) is 2.66. The SMILES string of the molecule is COc1cc(SNc2ccc(Cl)c(O)c2)c(-c2ccc3c(c2)OCO3)cc1OC. The number of ether oxygens (including phenoxy) is 4. The minimum atomic E-state index is 0.0144. The van der Waals surface area contributed by atoms with Gasteiger partial charge < -0.3 is 28.8 Å². The van der Waals surface area contributed by atoms with Crippen LogP contribution in [0.3, 0.4) is 0 Å². The van der Waals surface area contributed by atoms with E-state index in [1.165, 1.54) is 11.9 Å². The number of benzene rings is 3. The molecule has 29 heavy (non-hydrogen) atoms. The molecule has 1 aliphatic rings. The Morgan fingerprint density at radius 1 is 0.966 bits per heavy atom. The molecular formula is C21H18ClNO5S. The Morgan fingerprint density at radius 2 is 1.72 bits per heavy atom. The van der Waals surface area contributed by atoms with Gasteiger partial charge in [-0.05, 0) is 53.9 Å². The van der Waals surface area contributed by atoms with Gasteiger partial charge in [0.05, 0.1) is 19.2 Å². The van der Waals surface area contributed by atoms with Crippen molar-refractivity contribution in [1.82, 2.24) is 0 Å². The van der Waals surface area contributed by atoms with Gasteiger partial charge in [-0.1, -0.05) is 17.7 Å². The minimum Gasteiger partial charge on any atom is -0.506 e. The average molecular weight is 432 g/mol. The molecule has 0 spiro atoms. The molecule has 1 aliphatic heterocycles. The first-order valence-electron chi connectivity index (χ1n) is 8.66. The van der Waals surface area contributed by atoms with E-state index in [2.05, 4.69) is 4.72 Å². The molecule has 3 aromatic rings.